The summed E-state index contributed by atoms with van der Waals surface area (Å²) in [6.07, 6.45) is 4.25. The number of nitrogen functional groups attached to an aromatic ring is 1. The van der Waals surface area contributed by atoms with Crippen LogP contribution in [0.1, 0.15) is 19.3 Å². The molecular weight excluding hydrogens is 215 g/mol. The van der Waals surface area contributed by atoms with Crippen molar-refractivity contribution < 1.29 is 4.39 Å². The second-order valence-corrected chi connectivity index (χ2v) is 5.89. The lowest BCUT2D eigenvalue weighted by atomic mass is 10.0. The van der Waals surface area contributed by atoms with Gasteiger partial charge in [0.2, 0.25) is 0 Å². The van der Waals surface area contributed by atoms with E-state index in [-0.39, 0.29) is 5.82 Å². The van der Waals surface area contributed by atoms with Crippen molar-refractivity contribution in [3.63, 3.8) is 0 Å². The van der Waals surface area contributed by atoms with Gasteiger partial charge in [-0.05, 0) is 61.1 Å². The average Bonchev–Trinajstić information content (AvgIpc) is 2.72. The largest absolute Gasteiger partial charge is 0.397 e. The van der Waals surface area contributed by atoms with Crippen molar-refractivity contribution in [2.24, 2.45) is 23.7 Å². The SMILES string of the molecule is Nc1ccc(F)cc1NC1C2C3CCC(C3)C12. The van der Waals surface area contributed by atoms with Crippen LogP contribution < -0.4 is 11.1 Å². The Labute approximate surface area is 100 Å². The van der Waals surface area contributed by atoms with Crippen molar-refractivity contribution in [1.29, 1.82) is 0 Å². The van der Waals surface area contributed by atoms with Gasteiger partial charge in [0.05, 0.1) is 11.4 Å². The van der Waals surface area contributed by atoms with E-state index in [1.54, 1.807) is 6.07 Å². The minimum absolute atomic E-state index is 0.213. The summed E-state index contributed by atoms with van der Waals surface area (Å²) < 4.78 is 13.2. The lowest BCUT2D eigenvalue weighted by Crippen LogP contribution is -2.13. The molecule has 0 saturated heterocycles. The first kappa shape index (κ1) is 9.75. The standard InChI is InChI=1S/C14H17FN2/c15-9-3-4-10(16)11(6-9)17-14-12-7-1-2-8(5-7)13(12)14/h3-4,6-8,12-14,17H,1-2,5,16H2. The number of anilines is 2. The Hall–Kier alpha value is -1.25. The highest BCUT2D eigenvalue weighted by Crippen LogP contribution is 2.66. The van der Waals surface area contributed by atoms with Crippen LogP contribution in [-0.2, 0) is 0 Å². The monoisotopic (exact) mass is 232 g/mol. The molecule has 3 N–H and O–H groups in total. The highest BCUT2D eigenvalue weighted by molar-refractivity contribution is 5.67. The van der Waals surface area contributed by atoms with Gasteiger partial charge in [-0.2, -0.15) is 0 Å². The van der Waals surface area contributed by atoms with Gasteiger partial charge in [-0.1, -0.05) is 0 Å². The van der Waals surface area contributed by atoms with E-state index in [0.717, 1.165) is 29.4 Å². The fraction of sp³-hybridized carbons (Fsp3) is 0.571. The molecular formula is C14H17FN2. The van der Waals surface area contributed by atoms with Crippen LogP contribution in [0.5, 0.6) is 0 Å². The van der Waals surface area contributed by atoms with Crippen LogP contribution in [0.3, 0.4) is 0 Å². The molecule has 0 aromatic heterocycles. The molecule has 0 amide bonds. The molecule has 3 aliphatic carbocycles. The van der Waals surface area contributed by atoms with E-state index in [1.807, 2.05) is 0 Å². The molecule has 2 nitrogen and oxygen atoms in total. The third-order valence-electron chi connectivity index (χ3n) is 5.07. The van der Waals surface area contributed by atoms with Gasteiger partial charge in [-0.3, -0.25) is 0 Å². The quantitative estimate of drug-likeness (QED) is 0.769. The number of fused-ring (bicyclic) bond motifs is 5. The fourth-order valence-electron chi connectivity index (χ4n) is 4.35. The van der Waals surface area contributed by atoms with E-state index in [0.29, 0.717) is 11.7 Å². The lowest BCUT2D eigenvalue weighted by Gasteiger charge is -2.13. The first-order chi connectivity index (χ1) is 8.24. The number of hydrogen-bond acceptors (Lipinski definition) is 2. The van der Waals surface area contributed by atoms with Gasteiger partial charge in [-0.25, -0.2) is 4.39 Å². The van der Waals surface area contributed by atoms with Crippen molar-refractivity contribution in [1.82, 2.24) is 0 Å². The summed E-state index contributed by atoms with van der Waals surface area (Å²) in [4.78, 5) is 0. The molecule has 17 heavy (non-hydrogen) atoms. The Morgan fingerprint density at radius 1 is 1.18 bits per heavy atom. The predicted octanol–water partition coefficient (Wildman–Crippen LogP) is 2.86. The molecule has 4 unspecified atom stereocenters. The number of halogens is 1. The van der Waals surface area contributed by atoms with Crippen molar-refractivity contribution in [2.75, 3.05) is 11.1 Å². The normalized spacial score (nSPS) is 41.4. The van der Waals surface area contributed by atoms with Gasteiger partial charge < -0.3 is 11.1 Å². The fourth-order valence-corrected chi connectivity index (χ4v) is 4.35. The number of hydrogen-bond donors (Lipinski definition) is 2. The molecule has 4 rings (SSSR count). The molecule has 1 aromatic rings. The van der Waals surface area contributed by atoms with Crippen LogP contribution in [-0.4, -0.2) is 6.04 Å². The first-order valence-corrected chi connectivity index (χ1v) is 6.55. The number of benzene rings is 1. The maximum absolute atomic E-state index is 13.2. The van der Waals surface area contributed by atoms with Crippen molar-refractivity contribution in [3.8, 4) is 0 Å². The Kier molecular flexibility index (Phi) is 1.81. The molecule has 90 valence electrons. The van der Waals surface area contributed by atoms with E-state index in [4.69, 9.17) is 5.73 Å². The molecule has 0 aliphatic heterocycles. The third-order valence-corrected chi connectivity index (χ3v) is 5.07. The number of rotatable bonds is 2. The average molecular weight is 232 g/mol. The number of nitrogens with one attached hydrogen (secondary N) is 1. The molecule has 4 atom stereocenters. The maximum Gasteiger partial charge on any atom is 0.125 e. The summed E-state index contributed by atoms with van der Waals surface area (Å²) in [7, 11) is 0. The Bertz CT molecular complexity index is 457. The van der Waals surface area contributed by atoms with Crippen LogP contribution in [0.4, 0.5) is 15.8 Å². The molecule has 0 heterocycles. The minimum Gasteiger partial charge on any atom is -0.397 e. The van der Waals surface area contributed by atoms with Gasteiger partial charge in [0.1, 0.15) is 5.82 Å². The molecule has 3 aliphatic rings. The molecule has 0 spiro atoms. The summed E-state index contributed by atoms with van der Waals surface area (Å²) in [6, 6.07) is 5.14. The molecule has 3 saturated carbocycles. The van der Waals surface area contributed by atoms with Gasteiger partial charge in [0.25, 0.3) is 0 Å². The molecule has 2 bridgehead atoms. The summed E-state index contributed by atoms with van der Waals surface area (Å²) >= 11 is 0. The predicted molar refractivity (Wildman–Crippen MR) is 66.0 cm³/mol. The second kappa shape index (κ2) is 3.15. The Morgan fingerprint density at radius 2 is 1.88 bits per heavy atom. The van der Waals surface area contributed by atoms with Crippen LogP contribution in [0.25, 0.3) is 0 Å². The van der Waals surface area contributed by atoms with E-state index < -0.39 is 0 Å². The van der Waals surface area contributed by atoms with Crippen molar-refractivity contribution >= 4 is 11.4 Å². The number of nitrogens with two attached hydrogens (primary N) is 1. The van der Waals surface area contributed by atoms with Gasteiger partial charge in [0, 0.05) is 6.04 Å². The van der Waals surface area contributed by atoms with Gasteiger partial charge >= 0.3 is 0 Å². The highest BCUT2D eigenvalue weighted by Gasteiger charge is 2.65. The van der Waals surface area contributed by atoms with E-state index in [1.165, 1.54) is 31.4 Å². The van der Waals surface area contributed by atoms with E-state index in [2.05, 4.69) is 5.32 Å². The molecule has 0 radical (unpaired) electrons. The van der Waals surface area contributed by atoms with Crippen LogP contribution in [0.2, 0.25) is 0 Å². The molecule has 3 fully saturated rings. The zero-order valence-corrected chi connectivity index (χ0v) is 9.70. The van der Waals surface area contributed by atoms with E-state index in [9.17, 15) is 4.39 Å². The smallest absolute Gasteiger partial charge is 0.125 e. The third kappa shape index (κ3) is 1.31. The summed E-state index contributed by atoms with van der Waals surface area (Å²) in [6.45, 7) is 0. The van der Waals surface area contributed by atoms with Gasteiger partial charge in [0.15, 0.2) is 0 Å². The van der Waals surface area contributed by atoms with Crippen LogP contribution >= 0.6 is 0 Å². The van der Waals surface area contributed by atoms with Crippen LogP contribution in [0, 0.1) is 29.5 Å². The second-order valence-electron chi connectivity index (χ2n) is 5.89. The topological polar surface area (TPSA) is 38.0 Å². The Morgan fingerprint density at radius 3 is 2.59 bits per heavy atom. The maximum atomic E-state index is 13.2. The van der Waals surface area contributed by atoms with E-state index >= 15 is 0 Å². The highest BCUT2D eigenvalue weighted by atomic mass is 19.1. The van der Waals surface area contributed by atoms with Crippen LogP contribution in [0.15, 0.2) is 18.2 Å². The summed E-state index contributed by atoms with van der Waals surface area (Å²) in [5.74, 6) is 3.33. The molecule has 3 heteroatoms. The van der Waals surface area contributed by atoms with Gasteiger partial charge in [-0.15, -0.1) is 0 Å². The first-order valence-electron chi connectivity index (χ1n) is 6.55. The zero-order chi connectivity index (χ0) is 11.6. The zero-order valence-electron chi connectivity index (χ0n) is 9.70. The summed E-state index contributed by atoms with van der Waals surface area (Å²) in [5.41, 5.74) is 7.31. The minimum atomic E-state index is -0.213. The summed E-state index contributed by atoms with van der Waals surface area (Å²) in [5, 5.41) is 3.46. The molecule has 1 aromatic carbocycles. The van der Waals surface area contributed by atoms with Crippen molar-refractivity contribution in [2.45, 2.75) is 25.3 Å². The Balaban J connectivity index is 1.54. The van der Waals surface area contributed by atoms with Crippen molar-refractivity contribution in [3.05, 3.63) is 24.0 Å². The lowest BCUT2D eigenvalue weighted by molar-refractivity contribution is 0.456.